The van der Waals surface area contributed by atoms with Crippen molar-refractivity contribution in [1.29, 1.82) is 0 Å². The predicted molar refractivity (Wildman–Crippen MR) is 125 cm³/mol. The average molecular weight is 483 g/mol. The van der Waals surface area contributed by atoms with Gasteiger partial charge >= 0.3 is 0 Å². The first-order valence-electron chi connectivity index (χ1n) is 11.3. The Morgan fingerprint density at radius 3 is 2.57 bits per heavy atom. The summed E-state index contributed by atoms with van der Waals surface area (Å²) >= 11 is 0. The Kier molecular flexibility index (Phi) is 7.71. The molecule has 3 amide bonds. The molecule has 0 radical (unpaired) electrons. The zero-order valence-electron chi connectivity index (χ0n) is 19.4. The fourth-order valence-corrected chi connectivity index (χ4v) is 3.98. The number of amides is 3. The van der Waals surface area contributed by atoms with Gasteiger partial charge in [0.05, 0.1) is 19.8 Å². The lowest BCUT2D eigenvalue weighted by atomic mass is 10.1. The molecular formula is C25H27FN4O5. The molecule has 0 saturated carbocycles. The molecule has 0 unspecified atom stereocenters. The van der Waals surface area contributed by atoms with Crippen molar-refractivity contribution >= 4 is 23.4 Å². The van der Waals surface area contributed by atoms with Crippen LogP contribution >= 0.6 is 0 Å². The lowest BCUT2D eigenvalue weighted by Gasteiger charge is -2.25. The number of rotatable bonds is 7. The molecule has 1 atom stereocenters. The first-order valence-corrected chi connectivity index (χ1v) is 11.3. The van der Waals surface area contributed by atoms with E-state index < -0.39 is 12.0 Å². The lowest BCUT2D eigenvalue weighted by molar-refractivity contribution is -0.136. The van der Waals surface area contributed by atoms with Crippen LogP contribution in [0, 0.1) is 5.82 Å². The van der Waals surface area contributed by atoms with E-state index in [4.69, 9.17) is 9.47 Å². The molecule has 0 spiro atoms. The molecule has 4 rings (SSSR count). The number of halogens is 1. The second-order valence-electron chi connectivity index (χ2n) is 8.43. The molecular weight excluding hydrogens is 455 g/mol. The summed E-state index contributed by atoms with van der Waals surface area (Å²) in [4.78, 5) is 40.7. The molecule has 2 aliphatic heterocycles. The van der Waals surface area contributed by atoms with Crippen LogP contribution in [0.1, 0.15) is 24.0 Å². The maximum Gasteiger partial charge on any atom is 0.270 e. The van der Waals surface area contributed by atoms with Gasteiger partial charge in [0.1, 0.15) is 23.8 Å². The van der Waals surface area contributed by atoms with Gasteiger partial charge in [0.2, 0.25) is 11.8 Å². The smallest absolute Gasteiger partial charge is 0.270 e. The van der Waals surface area contributed by atoms with Crippen LogP contribution in [0.5, 0.6) is 5.75 Å². The van der Waals surface area contributed by atoms with E-state index in [9.17, 15) is 18.8 Å². The standard InChI is InChI=1S/C25H27FN4O5/c1-34-19-8-6-17(7-9-19)12-29-13-20(35-16-18-4-2-3-5-21(18)26)14-30(15-24(29)32)25(33)22-10-11-23(31)28-27-22/h2-9,20H,10-16H2,1H3,(H,28,31)/t20-/m1/s1. The van der Waals surface area contributed by atoms with E-state index in [1.54, 1.807) is 30.2 Å². The number of carbonyl (C=O) groups excluding carboxylic acids is 3. The van der Waals surface area contributed by atoms with Crippen LogP contribution in [0.2, 0.25) is 0 Å². The molecule has 184 valence electrons. The molecule has 1 saturated heterocycles. The van der Waals surface area contributed by atoms with Crippen LogP contribution in [-0.4, -0.2) is 66.1 Å². The van der Waals surface area contributed by atoms with Crippen LogP contribution in [0.25, 0.3) is 0 Å². The van der Waals surface area contributed by atoms with Gasteiger partial charge in [0, 0.05) is 38.0 Å². The highest BCUT2D eigenvalue weighted by molar-refractivity contribution is 6.39. The van der Waals surface area contributed by atoms with Crippen LogP contribution in [0.15, 0.2) is 53.6 Å². The number of ether oxygens (including phenoxy) is 2. The Morgan fingerprint density at radius 2 is 1.89 bits per heavy atom. The van der Waals surface area contributed by atoms with Gasteiger partial charge in [0.25, 0.3) is 5.91 Å². The highest BCUT2D eigenvalue weighted by atomic mass is 19.1. The average Bonchev–Trinajstić information content (AvgIpc) is 3.02. The van der Waals surface area contributed by atoms with Crippen LogP contribution in [0.4, 0.5) is 4.39 Å². The minimum Gasteiger partial charge on any atom is -0.497 e. The molecule has 35 heavy (non-hydrogen) atoms. The van der Waals surface area contributed by atoms with Crippen molar-refractivity contribution in [2.24, 2.45) is 5.10 Å². The normalized spacial score (nSPS) is 18.6. The predicted octanol–water partition coefficient (Wildman–Crippen LogP) is 1.86. The third-order valence-corrected chi connectivity index (χ3v) is 5.93. The number of hydrazone groups is 1. The molecule has 2 aromatic carbocycles. The van der Waals surface area contributed by atoms with Gasteiger partial charge in [-0.3, -0.25) is 14.4 Å². The van der Waals surface area contributed by atoms with Crippen molar-refractivity contribution in [1.82, 2.24) is 15.2 Å². The van der Waals surface area contributed by atoms with Crippen molar-refractivity contribution in [2.45, 2.75) is 32.1 Å². The molecule has 9 nitrogen and oxygen atoms in total. The number of methoxy groups -OCH3 is 1. The van der Waals surface area contributed by atoms with Crippen molar-refractivity contribution in [3.8, 4) is 5.75 Å². The summed E-state index contributed by atoms with van der Waals surface area (Å²) in [6.07, 6.45) is -0.198. The van der Waals surface area contributed by atoms with Gasteiger partial charge in [-0.15, -0.1) is 0 Å². The minimum atomic E-state index is -0.554. The van der Waals surface area contributed by atoms with Gasteiger partial charge in [-0.2, -0.15) is 5.10 Å². The van der Waals surface area contributed by atoms with Crippen LogP contribution in [0.3, 0.4) is 0 Å². The fraction of sp³-hybridized carbons (Fsp3) is 0.360. The molecule has 0 bridgehead atoms. The van der Waals surface area contributed by atoms with Gasteiger partial charge in [0.15, 0.2) is 0 Å². The topological polar surface area (TPSA) is 101 Å². The number of benzene rings is 2. The second kappa shape index (κ2) is 11.1. The number of nitrogens with zero attached hydrogens (tertiary/aromatic N) is 3. The zero-order chi connectivity index (χ0) is 24.8. The Morgan fingerprint density at radius 1 is 1.11 bits per heavy atom. The van der Waals surface area contributed by atoms with E-state index in [2.05, 4.69) is 10.5 Å². The Hall–Kier alpha value is -3.79. The maximum atomic E-state index is 14.1. The lowest BCUT2D eigenvalue weighted by Crippen LogP contribution is -2.45. The largest absolute Gasteiger partial charge is 0.497 e. The summed E-state index contributed by atoms with van der Waals surface area (Å²) in [6.45, 7) is 0.529. The van der Waals surface area contributed by atoms with E-state index in [0.29, 0.717) is 17.9 Å². The summed E-state index contributed by atoms with van der Waals surface area (Å²) < 4.78 is 25.3. The highest BCUT2D eigenvalue weighted by Crippen LogP contribution is 2.18. The monoisotopic (exact) mass is 482 g/mol. The number of hydrogen-bond acceptors (Lipinski definition) is 6. The molecule has 2 aliphatic rings. The fourth-order valence-electron chi connectivity index (χ4n) is 3.98. The number of hydrogen-bond donors (Lipinski definition) is 1. The van der Waals surface area contributed by atoms with E-state index in [0.717, 1.165) is 5.56 Å². The summed E-state index contributed by atoms with van der Waals surface area (Å²) in [5.74, 6) is -0.604. The van der Waals surface area contributed by atoms with E-state index >= 15 is 0 Å². The molecule has 10 heteroatoms. The SMILES string of the molecule is COc1ccc(CN2C[C@@H](OCc3ccccc3F)CN(C(=O)C3=NNC(=O)CC3)CC2=O)cc1. The molecule has 1 N–H and O–H groups in total. The molecule has 0 aliphatic carbocycles. The first-order chi connectivity index (χ1) is 16.9. The number of nitrogens with one attached hydrogen (secondary N) is 1. The van der Waals surface area contributed by atoms with Crippen molar-refractivity contribution in [2.75, 3.05) is 26.7 Å². The highest BCUT2D eigenvalue weighted by Gasteiger charge is 2.33. The summed E-state index contributed by atoms with van der Waals surface area (Å²) in [5, 5.41) is 3.87. The van der Waals surface area contributed by atoms with Crippen LogP contribution < -0.4 is 10.2 Å². The number of carbonyl (C=O) groups is 3. The Labute approximate surface area is 202 Å². The third-order valence-electron chi connectivity index (χ3n) is 5.93. The third kappa shape index (κ3) is 6.21. The summed E-state index contributed by atoms with van der Waals surface area (Å²) in [6, 6.07) is 13.7. The Bertz CT molecular complexity index is 1120. The minimum absolute atomic E-state index is 0.000933. The molecule has 0 aromatic heterocycles. The first kappa shape index (κ1) is 24.3. The van der Waals surface area contributed by atoms with Crippen molar-refractivity contribution in [3.05, 3.63) is 65.5 Å². The van der Waals surface area contributed by atoms with E-state index in [1.165, 1.54) is 11.0 Å². The maximum absolute atomic E-state index is 14.1. The van der Waals surface area contributed by atoms with E-state index in [-0.39, 0.29) is 62.4 Å². The van der Waals surface area contributed by atoms with Crippen LogP contribution in [-0.2, 0) is 32.3 Å². The molecule has 2 heterocycles. The van der Waals surface area contributed by atoms with Gasteiger partial charge in [-0.1, -0.05) is 30.3 Å². The van der Waals surface area contributed by atoms with E-state index in [1.807, 2.05) is 24.3 Å². The van der Waals surface area contributed by atoms with Gasteiger partial charge < -0.3 is 19.3 Å². The summed E-state index contributed by atoms with van der Waals surface area (Å²) in [7, 11) is 1.58. The Balaban J connectivity index is 1.52. The van der Waals surface area contributed by atoms with Gasteiger partial charge in [-0.05, 0) is 23.8 Å². The molecule has 2 aromatic rings. The van der Waals surface area contributed by atoms with Crippen molar-refractivity contribution < 1.29 is 28.2 Å². The quantitative estimate of drug-likeness (QED) is 0.649. The zero-order valence-corrected chi connectivity index (χ0v) is 19.4. The molecule has 1 fully saturated rings. The van der Waals surface area contributed by atoms with Gasteiger partial charge in [-0.25, -0.2) is 9.82 Å². The van der Waals surface area contributed by atoms with Crippen molar-refractivity contribution in [3.63, 3.8) is 0 Å². The second-order valence-corrected chi connectivity index (χ2v) is 8.43. The summed E-state index contributed by atoms with van der Waals surface area (Å²) in [5.41, 5.74) is 3.79.